The minimum absolute atomic E-state index is 0.873. The molecule has 3 heterocycles. The zero-order chi connectivity index (χ0) is 27.6. The monoisotopic (exact) mass is 536 g/mol. The van der Waals surface area contributed by atoms with Crippen LogP contribution in [0.2, 0.25) is 0 Å². The Balaban J connectivity index is 1.50. The van der Waals surface area contributed by atoms with Gasteiger partial charge in [-0.25, -0.2) is 0 Å². The van der Waals surface area contributed by atoms with E-state index < -0.39 is 0 Å². The number of hydrogen-bond donors (Lipinski definition) is 0. The van der Waals surface area contributed by atoms with E-state index in [0.29, 0.717) is 0 Å². The molecule has 42 heavy (non-hydrogen) atoms. The number of benzene rings is 6. The van der Waals surface area contributed by atoms with Gasteiger partial charge in [-0.1, -0.05) is 91.0 Å². The predicted octanol–water partition coefficient (Wildman–Crippen LogP) is 9.49. The standard InChI is InChI=1S/C38H24N4/c1-3-11-25(12-4-1)30-23-31-32(40-22-21-39-31)24-36(30)42-34-18-10-8-16-29(34)37-35(42)20-19-28-27-15-7-9-17-33(27)41(38(28)37)26-13-5-2-6-14-26/h1-24H. The van der Waals surface area contributed by atoms with Crippen molar-refractivity contribution in [3.8, 4) is 22.5 Å². The summed E-state index contributed by atoms with van der Waals surface area (Å²) in [6.07, 6.45) is 3.53. The summed E-state index contributed by atoms with van der Waals surface area (Å²) in [5, 5.41) is 4.95. The first kappa shape index (κ1) is 23.0. The van der Waals surface area contributed by atoms with Gasteiger partial charge < -0.3 is 9.13 Å². The lowest BCUT2D eigenvalue weighted by Gasteiger charge is -2.15. The second kappa shape index (κ2) is 8.88. The number of fused-ring (bicyclic) bond motifs is 8. The Bertz CT molecular complexity index is 2450. The summed E-state index contributed by atoms with van der Waals surface area (Å²) in [7, 11) is 0. The van der Waals surface area contributed by atoms with Crippen molar-refractivity contribution in [1.29, 1.82) is 0 Å². The number of aromatic nitrogens is 4. The summed E-state index contributed by atoms with van der Waals surface area (Å²) in [6, 6.07) is 47.7. The van der Waals surface area contributed by atoms with Crippen LogP contribution >= 0.6 is 0 Å². The van der Waals surface area contributed by atoms with Gasteiger partial charge in [0.1, 0.15) is 0 Å². The lowest BCUT2D eigenvalue weighted by Crippen LogP contribution is -1.99. The Hall–Kier alpha value is -5.74. The van der Waals surface area contributed by atoms with Gasteiger partial charge in [-0.15, -0.1) is 0 Å². The molecule has 0 N–H and O–H groups in total. The summed E-state index contributed by atoms with van der Waals surface area (Å²) >= 11 is 0. The molecule has 0 radical (unpaired) electrons. The van der Waals surface area contributed by atoms with Gasteiger partial charge in [-0.2, -0.15) is 0 Å². The van der Waals surface area contributed by atoms with Crippen LogP contribution in [-0.4, -0.2) is 19.1 Å². The maximum Gasteiger partial charge on any atom is 0.0908 e. The highest BCUT2D eigenvalue weighted by Gasteiger charge is 2.22. The lowest BCUT2D eigenvalue weighted by atomic mass is 10.0. The van der Waals surface area contributed by atoms with E-state index in [1.807, 2.05) is 0 Å². The summed E-state index contributed by atoms with van der Waals surface area (Å²) in [4.78, 5) is 9.35. The predicted molar refractivity (Wildman–Crippen MR) is 174 cm³/mol. The van der Waals surface area contributed by atoms with Crippen LogP contribution in [0.5, 0.6) is 0 Å². The third-order valence-corrected chi connectivity index (χ3v) is 8.40. The zero-order valence-corrected chi connectivity index (χ0v) is 22.6. The van der Waals surface area contributed by atoms with Crippen LogP contribution in [0, 0.1) is 0 Å². The summed E-state index contributed by atoms with van der Waals surface area (Å²) in [6.45, 7) is 0. The van der Waals surface area contributed by atoms with E-state index in [1.54, 1.807) is 12.4 Å². The molecule has 0 aliphatic carbocycles. The molecule has 0 aliphatic heterocycles. The second-order valence-corrected chi connectivity index (χ2v) is 10.7. The molecule has 0 bridgehead atoms. The molecule has 0 atom stereocenters. The number of nitrogens with zero attached hydrogens (tertiary/aromatic N) is 4. The third kappa shape index (κ3) is 3.23. The van der Waals surface area contributed by atoms with Crippen LogP contribution in [0.4, 0.5) is 0 Å². The molecule has 9 aromatic rings. The molecule has 196 valence electrons. The summed E-state index contributed by atoms with van der Waals surface area (Å²) < 4.78 is 4.83. The first-order valence-corrected chi connectivity index (χ1v) is 14.2. The summed E-state index contributed by atoms with van der Waals surface area (Å²) in [5.41, 5.74) is 11.0. The fraction of sp³-hybridized carbons (Fsp3) is 0. The van der Waals surface area contributed by atoms with Crippen molar-refractivity contribution in [2.45, 2.75) is 0 Å². The Morgan fingerprint density at radius 2 is 1.07 bits per heavy atom. The fourth-order valence-corrected chi connectivity index (χ4v) is 6.65. The van der Waals surface area contributed by atoms with E-state index in [-0.39, 0.29) is 0 Å². The maximum atomic E-state index is 4.70. The van der Waals surface area contributed by atoms with Crippen LogP contribution in [-0.2, 0) is 0 Å². The molecule has 0 spiro atoms. The number of hydrogen-bond acceptors (Lipinski definition) is 2. The van der Waals surface area contributed by atoms with Gasteiger partial charge in [0.15, 0.2) is 0 Å². The molecule has 6 aromatic carbocycles. The van der Waals surface area contributed by atoms with E-state index in [2.05, 4.69) is 148 Å². The molecule has 4 heteroatoms. The topological polar surface area (TPSA) is 35.6 Å². The van der Waals surface area contributed by atoms with Gasteiger partial charge in [0, 0.05) is 45.2 Å². The van der Waals surface area contributed by atoms with Crippen LogP contribution < -0.4 is 0 Å². The average Bonchev–Trinajstić information content (AvgIpc) is 3.58. The molecular formula is C38H24N4. The quantitative estimate of drug-likeness (QED) is 0.225. The zero-order valence-electron chi connectivity index (χ0n) is 22.6. The third-order valence-electron chi connectivity index (χ3n) is 8.40. The highest BCUT2D eigenvalue weighted by molar-refractivity contribution is 6.26. The van der Waals surface area contributed by atoms with Crippen LogP contribution in [0.15, 0.2) is 146 Å². The first-order valence-electron chi connectivity index (χ1n) is 14.2. The average molecular weight is 537 g/mol. The van der Waals surface area contributed by atoms with Gasteiger partial charge in [0.25, 0.3) is 0 Å². The van der Waals surface area contributed by atoms with Crippen LogP contribution in [0.1, 0.15) is 0 Å². The fourth-order valence-electron chi connectivity index (χ4n) is 6.65. The van der Waals surface area contributed by atoms with Gasteiger partial charge in [-0.3, -0.25) is 9.97 Å². The molecule has 0 fully saturated rings. The van der Waals surface area contributed by atoms with Crippen molar-refractivity contribution in [3.63, 3.8) is 0 Å². The minimum Gasteiger partial charge on any atom is -0.309 e. The van der Waals surface area contributed by atoms with Gasteiger partial charge in [0.05, 0.1) is 38.8 Å². The Morgan fingerprint density at radius 3 is 1.83 bits per heavy atom. The Labute approximate surface area is 241 Å². The minimum atomic E-state index is 0.873. The highest BCUT2D eigenvalue weighted by atomic mass is 15.0. The summed E-state index contributed by atoms with van der Waals surface area (Å²) in [5.74, 6) is 0. The van der Waals surface area contributed by atoms with Gasteiger partial charge in [-0.05, 0) is 48.0 Å². The number of para-hydroxylation sites is 3. The molecule has 3 aromatic heterocycles. The van der Waals surface area contributed by atoms with Crippen molar-refractivity contribution >= 4 is 54.6 Å². The number of rotatable bonds is 3. The van der Waals surface area contributed by atoms with Crippen LogP contribution in [0.3, 0.4) is 0 Å². The Morgan fingerprint density at radius 1 is 0.452 bits per heavy atom. The van der Waals surface area contributed by atoms with E-state index in [9.17, 15) is 0 Å². The Kier molecular flexibility index (Phi) is 4.87. The van der Waals surface area contributed by atoms with E-state index in [1.165, 1.54) is 32.6 Å². The first-order chi connectivity index (χ1) is 20.9. The van der Waals surface area contributed by atoms with Gasteiger partial charge >= 0.3 is 0 Å². The largest absolute Gasteiger partial charge is 0.309 e. The molecule has 0 unspecified atom stereocenters. The van der Waals surface area contributed by atoms with Crippen molar-refractivity contribution in [3.05, 3.63) is 146 Å². The lowest BCUT2D eigenvalue weighted by molar-refractivity contribution is 1.17. The molecule has 9 rings (SSSR count). The molecule has 0 saturated carbocycles. The van der Waals surface area contributed by atoms with Crippen molar-refractivity contribution in [1.82, 2.24) is 19.1 Å². The molecule has 0 saturated heterocycles. The molecular weight excluding hydrogens is 512 g/mol. The second-order valence-electron chi connectivity index (χ2n) is 10.7. The van der Waals surface area contributed by atoms with E-state index in [4.69, 9.17) is 4.98 Å². The van der Waals surface area contributed by atoms with E-state index >= 15 is 0 Å². The molecule has 0 amide bonds. The molecule has 0 aliphatic rings. The highest BCUT2D eigenvalue weighted by Crippen LogP contribution is 2.43. The van der Waals surface area contributed by atoms with Crippen LogP contribution in [0.25, 0.3) is 77.1 Å². The van der Waals surface area contributed by atoms with E-state index in [0.717, 1.165) is 44.6 Å². The normalized spacial score (nSPS) is 11.8. The SMILES string of the molecule is c1ccc(-c2cc3nccnc3cc2-n2c3ccccc3c3c2ccc2c4ccccc4n(-c4ccccc4)c23)cc1. The van der Waals surface area contributed by atoms with Crippen molar-refractivity contribution in [2.24, 2.45) is 0 Å². The van der Waals surface area contributed by atoms with Gasteiger partial charge in [0.2, 0.25) is 0 Å². The molecule has 4 nitrogen and oxygen atoms in total. The maximum absolute atomic E-state index is 4.70. The van der Waals surface area contributed by atoms with Crippen molar-refractivity contribution in [2.75, 3.05) is 0 Å². The smallest absolute Gasteiger partial charge is 0.0908 e. The van der Waals surface area contributed by atoms with Crippen molar-refractivity contribution < 1.29 is 0 Å².